The topological polar surface area (TPSA) is 55.7 Å². The van der Waals surface area contributed by atoms with E-state index in [9.17, 15) is 4.79 Å². The van der Waals surface area contributed by atoms with Gasteiger partial charge >= 0.3 is 0 Å². The van der Waals surface area contributed by atoms with Crippen LogP contribution in [0.1, 0.15) is 21.5 Å². The van der Waals surface area contributed by atoms with Crippen molar-refractivity contribution in [3.05, 3.63) is 68.8 Å². The van der Waals surface area contributed by atoms with Crippen LogP contribution in [0.4, 0.5) is 0 Å². The monoisotopic (exact) mass is 544 g/mol. The maximum atomic E-state index is 13.3. The maximum Gasteiger partial charge on any atom is 0.254 e. The minimum absolute atomic E-state index is 0.0813. The summed E-state index contributed by atoms with van der Waals surface area (Å²) in [5, 5.41) is 4.61. The van der Waals surface area contributed by atoms with Crippen molar-refractivity contribution >= 4 is 47.9 Å². The maximum absolute atomic E-state index is 13.3. The van der Waals surface area contributed by atoms with Crippen LogP contribution >= 0.6 is 31.1 Å². The average Bonchev–Trinajstić information content (AvgIpc) is 2.85. The summed E-state index contributed by atoms with van der Waals surface area (Å²) >= 11 is 11.9. The third kappa shape index (κ3) is 5.46. The Morgan fingerprint density at radius 1 is 1.14 bits per heavy atom. The first kappa shape index (κ1) is 25.6. The Bertz CT molecular complexity index is 1350. The van der Waals surface area contributed by atoms with Gasteiger partial charge in [0.15, 0.2) is 0 Å². The largest absolute Gasteiger partial charge is 0.453 e. The van der Waals surface area contributed by atoms with Crippen LogP contribution in [-0.2, 0) is 24.4 Å². The predicted octanol–water partition coefficient (Wildman–Crippen LogP) is 5.41. The van der Waals surface area contributed by atoms with Crippen molar-refractivity contribution in [2.24, 2.45) is 0 Å². The van der Waals surface area contributed by atoms with Crippen molar-refractivity contribution in [1.82, 2.24) is 14.8 Å². The molecule has 0 bridgehead atoms. The molecule has 0 aliphatic carbocycles. The van der Waals surface area contributed by atoms with E-state index >= 15 is 0 Å². The first-order chi connectivity index (χ1) is 17.2. The van der Waals surface area contributed by atoms with E-state index in [4.69, 9.17) is 33.3 Å². The molecule has 1 N–H and O–H groups in total. The number of pyridine rings is 1. The molecule has 190 valence electrons. The van der Waals surface area contributed by atoms with Gasteiger partial charge in [0, 0.05) is 50.0 Å². The van der Waals surface area contributed by atoms with Crippen LogP contribution in [0.15, 0.2) is 42.6 Å². The molecule has 1 saturated heterocycles. The highest BCUT2D eigenvalue weighted by molar-refractivity contribution is 7.74. The zero-order chi connectivity index (χ0) is 25.4. The molecule has 2 aliphatic rings. The van der Waals surface area contributed by atoms with Gasteiger partial charge in [0.1, 0.15) is 5.75 Å². The number of amides is 1. The van der Waals surface area contributed by atoms with E-state index in [1.54, 1.807) is 0 Å². The van der Waals surface area contributed by atoms with Crippen LogP contribution in [0, 0.1) is 4.51 Å². The number of rotatable bonds is 6. The fourth-order valence-electron chi connectivity index (χ4n) is 4.70. The molecule has 1 unspecified atom stereocenters. The van der Waals surface area contributed by atoms with Crippen LogP contribution in [0.5, 0.6) is 5.75 Å². The number of nitrogens with zero attached hydrogens (tertiary/aromatic N) is 2. The second-order valence-electron chi connectivity index (χ2n) is 10.4. The number of nitrogens with one attached hydrogen (secondary N) is 1. The van der Waals surface area contributed by atoms with E-state index in [1.165, 1.54) is 0 Å². The highest BCUT2D eigenvalue weighted by Gasteiger charge is 2.37. The summed E-state index contributed by atoms with van der Waals surface area (Å²) in [6, 6.07) is 11.8. The minimum atomic E-state index is -1.32. The van der Waals surface area contributed by atoms with Crippen molar-refractivity contribution < 1.29 is 14.3 Å². The lowest BCUT2D eigenvalue weighted by atomic mass is 10.1. The molecule has 1 atom stereocenters. The Balaban J connectivity index is 1.53. The number of halogens is 1. The highest BCUT2D eigenvalue weighted by Crippen LogP contribution is 2.55. The fourth-order valence-corrected chi connectivity index (χ4v) is 6.22. The number of hydrogen-bond donors (Lipinski definition) is 1. The Morgan fingerprint density at radius 3 is 2.56 bits per heavy atom. The summed E-state index contributed by atoms with van der Waals surface area (Å²) < 4.78 is 14.9. The van der Waals surface area contributed by atoms with E-state index in [0.29, 0.717) is 28.2 Å². The van der Waals surface area contributed by atoms with Gasteiger partial charge in [-0.15, -0.1) is 0 Å². The van der Waals surface area contributed by atoms with Gasteiger partial charge in [-0.1, -0.05) is 36.0 Å². The fraction of sp³-hybridized carbons (Fsp3) is 0.407. The molecule has 6 nitrogen and oxygen atoms in total. The third-order valence-electron chi connectivity index (χ3n) is 6.80. The van der Waals surface area contributed by atoms with Crippen molar-refractivity contribution in [2.45, 2.75) is 25.5 Å². The van der Waals surface area contributed by atoms with Crippen LogP contribution in [0.3, 0.4) is 0 Å². The summed E-state index contributed by atoms with van der Waals surface area (Å²) in [5.41, 5.74) is 3.62. The standard InChI is InChI=1S/C27H31ClN3O3PS/c1-35(2,3)24-17-31-16-22(27(32)29-14-18-4-6-20(28)7-5-18)26(36)21-12-19(13-23(34-24)25(21)31)15-30-8-10-33-11-9-30/h4-7,12-13,16,24H,8-11,14-15,17H2,1-3H3/p+1. The van der Waals surface area contributed by atoms with Gasteiger partial charge in [-0.3, -0.25) is 9.69 Å². The van der Waals surface area contributed by atoms with Crippen LogP contribution in [-0.4, -0.2) is 67.5 Å². The highest BCUT2D eigenvalue weighted by atomic mass is 35.5. The van der Waals surface area contributed by atoms with Gasteiger partial charge < -0.3 is 19.4 Å². The molecule has 0 spiro atoms. The molecule has 3 aromatic rings. The van der Waals surface area contributed by atoms with Gasteiger partial charge in [-0.2, -0.15) is 0 Å². The summed E-state index contributed by atoms with van der Waals surface area (Å²) in [5.74, 6) is 0.772. The van der Waals surface area contributed by atoms with Crippen molar-refractivity contribution in [3.63, 3.8) is 0 Å². The molecule has 0 saturated carbocycles. The lowest BCUT2D eigenvalue weighted by molar-refractivity contribution is 0.0341. The zero-order valence-electron chi connectivity index (χ0n) is 20.9. The average molecular weight is 545 g/mol. The second-order valence-corrected chi connectivity index (χ2v) is 16.1. The molecule has 0 radical (unpaired) electrons. The number of carbonyl (C=O) groups is 1. The van der Waals surface area contributed by atoms with Gasteiger partial charge in [-0.05, 0) is 35.4 Å². The van der Waals surface area contributed by atoms with Gasteiger partial charge in [-0.25, -0.2) is 0 Å². The molecule has 5 rings (SSSR count). The minimum Gasteiger partial charge on any atom is -0.453 e. The molecule has 9 heteroatoms. The number of hydrogen-bond acceptors (Lipinski definition) is 5. The number of morpholine rings is 1. The van der Waals surface area contributed by atoms with Crippen LogP contribution in [0.25, 0.3) is 10.9 Å². The van der Waals surface area contributed by atoms with E-state index in [1.807, 2.05) is 30.5 Å². The Kier molecular flexibility index (Phi) is 7.39. The first-order valence-electron chi connectivity index (χ1n) is 12.2. The molecule has 2 aromatic carbocycles. The van der Waals surface area contributed by atoms with E-state index < -0.39 is 7.26 Å². The zero-order valence-corrected chi connectivity index (χ0v) is 23.4. The molecule has 1 fully saturated rings. The summed E-state index contributed by atoms with van der Waals surface area (Å²) in [6.07, 6.45) is 1.91. The first-order valence-corrected chi connectivity index (χ1v) is 16.2. The molecule has 1 amide bonds. The van der Waals surface area contributed by atoms with Gasteiger partial charge in [0.05, 0.1) is 55.3 Å². The van der Waals surface area contributed by atoms with Crippen molar-refractivity contribution in [2.75, 3.05) is 46.3 Å². The van der Waals surface area contributed by atoms with Gasteiger partial charge in [0.2, 0.25) is 5.85 Å². The molecule has 2 aliphatic heterocycles. The summed E-state index contributed by atoms with van der Waals surface area (Å²) in [4.78, 5) is 15.7. The molecule has 36 heavy (non-hydrogen) atoms. The Labute approximate surface area is 222 Å². The third-order valence-corrected chi connectivity index (χ3v) is 9.49. The van der Waals surface area contributed by atoms with Gasteiger partial charge in [0.25, 0.3) is 5.91 Å². The molecular formula is C27H32ClN3O3PS+. The number of ether oxygens (including phenoxy) is 2. The predicted molar refractivity (Wildman–Crippen MR) is 151 cm³/mol. The molecular weight excluding hydrogens is 513 g/mol. The van der Waals surface area contributed by atoms with Crippen LogP contribution < -0.4 is 10.1 Å². The van der Waals surface area contributed by atoms with Crippen LogP contribution in [0.2, 0.25) is 5.02 Å². The smallest absolute Gasteiger partial charge is 0.254 e. The Morgan fingerprint density at radius 2 is 1.86 bits per heavy atom. The Hall–Kier alpha value is -2.02. The van der Waals surface area contributed by atoms with E-state index in [0.717, 1.165) is 60.6 Å². The lowest BCUT2D eigenvalue weighted by Gasteiger charge is -2.33. The number of benzene rings is 2. The number of aromatic nitrogens is 1. The number of carbonyl (C=O) groups excluding carboxylic acids is 1. The second kappa shape index (κ2) is 10.4. The quantitative estimate of drug-likeness (QED) is 0.332. The summed E-state index contributed by atoms with van der Waals surface area (Å²) in [7, 11) is -1.32. The normalized spacial score (nSPS) is 18.2. The van der Waals surface area contributed by atoms with Crippen molar-refractivity contribution in [1.29, 1.82) is 0 Å². The molecule has 3 heterocycles. The lowest BCUT2D eigenvalue weighted by Crippen LogP contribution is -2.35. The van der Waals surface area contributed by atoms with Crippen molar-refractivity contribution in [3.8, 4) is 5.75 Å². The summed E-state index contributed by atoms with van der Waals surface area (Å²) in [6.45, 7) is 12.1. The SMILES string of the molecule is C[P+](C)(C)C1Cn2cc(C(=O)NCc3ccc(Cl)cc3)c(=S)c3cc(CN4CCOCC4)cc(c32)O1. The van der Waals surface area contributed by atoms with E-state index in [-0.39, 0.29) is 11.8 Å². The molecule has 1 aromatic heterocycles. The van der Waals surface area contributed by atoms with E-state index in [2.05, 4.69) is 46.9 Å².